The summed E-state index contributed by atoms with van der Waals surface area (Å²) in [5.74, 6) is 1.89. The van der Waals surface area contributed by atoms with Gasteiger partial charge in [-0.15, -0.1) is 0 Å². The van der Waals surface area contributed by atoms with E-state index in [1.807, 2.05) is 0 Å². The van der Waals surface area contributed by atoms with Gasteiger partial charge < -0.3 is 5.73 Å². The van der Waals surface area contributed by atoms with Crippen molar-refractivity contribution in [2.24, 2.45) is 17.6 Å². The Morgan fingerprint density at radius 3 is 2.35 bits per heavy atom. The summed E-state index contributed by atoms with van der Waals surface area (Å²) in [5, 5.41) is 0. The van der Waals surface area contributed by atoms with Crippen molar-refractivity contribution in [1.29, 1.82) is 0 Å². The number of hydrogen-bond donors (Lipinski definition) is 1. The largest absolute Gasteiger partial charge is 0.329 e. The summed E-state index contributed by atoms with van der Waals surface area (Å²) in [6, 6.07) is 0.677. The lowest BCUT2D eigenvalue weighted by atomic mass is 9.83. The van der Waals surface area contributed by atoms with E-state index in [2.05, 4.69) is 11.8 Å². The Kier molecular flexibility index (Phi) is 5.30. The molecular formula is C15H30N2. The second kappa shape index (κ2) is 6.75. The van der Waals surface area contributed by atoms with E-state index < -0.39 is 0 Å². The van der Waals surface area contributed by atoms with Crippen LogP contribution in [0.2, 0.25) is 0 Å². The first kappa shape index (κ1) is 13.4. The molecule has 2 N–H and O–H groups in total. The Balaban J connectivity index is 1.90. The van der Waals surface area contributed by atoms with Gasteiger partial charge in [0.25, 0.3) is 0 Å². The van der Waals surface area contributed by atoms with Crippen molar-refractivity contribution in [1.82, 2.24) is 4.90 Å². The molecule has 17 heavy (non-hydrogen) atoms. The quantitative estimate of drug-likeness (QED) is 0.739. The van der Waals surface area contributed by atoms with Crippen LogP contribution in [0.3, 0.4) is 0 Å². The maximum Gasteiger partial charge on any atom is 0.0246 e. The molecule has 0 aromatic carbocycles. The van der Waals surface area contributed by atoms with Gasteiger partial charge in [-0.1, -0.05) is 26.2 Å². The molecule has 0 aromatic rings. The Hall–Kier alpha value is -0.0800. The molecule has 0 amide bonds. The molecule has 0 radical (unpaired) electrons. The maximum atomic E-state index is 6.09. The van der Waals surface area contributed by atoms with Crippen LogP contribution in [0.5, 0.6) is 0 Å². The van der Waals surface area contributed by atoms with E-state index in [0.29, 0.717) is 6.04 Å². The third kappa shape index (κ3) is 3.96. The van der Waals surface area contributed by atoms with Crippen molar-refractivity contribution in [2.75, 3.05) is 19.6 Å². The highest BCUT2D eigenvalue weighted by atomic mass is 15.2. The van der Waals surface area contributed by atoms with Crippen LogP contribution in [0, 0.1) is 11.8 Å². The first-order valence-electron chi connectivity index (χ1n) is 7.79. The van der Waals surface area contributed by atoms with Crippen LogP contribution in [0.15, 0.2) is 0 Å². The van der Waals surface area contributed by atoms with Crippen molar-refractivity contribution in [3.8, 4) is 0 Å². The average Bonchev–Trinajstić information content (AvgIpc) is 3.16. The number of nitrogens with two attached hydrogens (primary N) is 1. The van der Waals surface area contributed by atoms with Gasteiger partial charge >= 0.3 is 0 Å². The van der Waals surface area contributed by atoms with Crippen LogP contribution in [-0.2, 0) is 0 Å². The second-order valence-electron chi connectivity index (χ2n) is 6.14. The fraction of sp³-hybridized carbons (Fsp3) is 1.00. The summed E-state index contributed by atoms with van der Waals surface area (Å²) in [4.78, 5) is 2.73. The van der Waals surface area contributed by atoms with Crippen LogP contribution in [0.1, 0.15) is 58.3 Å². The van der Waals surface area contributed by atoms with Gasteiger partial charge in [0.2, 0.25) is 0 Å². The molecule has 0 aliphatic heterocycles. The minimum atomic E-state index is 0.677. The van der Waals surface area contributed by atoms with Crippen molar-refractivity contribution >= 4 is 0 Å². The Morgan fingerprint density at radius 1 is 1.12 bits per heavy atom. The van der Waals surface area contributed by atoms with Crippen LogP contribution in [-0.4, -0.2) is 30.6 Å². The summed E-state index contributed by atoms with van der Waals surface area (Å²) in [6.07, 6.45) is 11.4. The fourth-order valence-corrected chi connectivity index (χ4v) is 3.47. The first-order valence-corrected chi connectivity index (χ1v) is 7.79. The topological polar surface area (TPSA) is 29.3 Å². The third-order valence-corrected chi connectivity index (χ3v) is 4.60. The molecule has 2 heteroatoms. The van der Waals surface area contributed by atoms with E-state index in [0.717, 1.165) is 18.4 Å². The highest BCUT2D eigenvalue weighted by Crippen LogP contribution is 2.33. The van der Waals surface area contributed by atoms with Crippen molar-refractivity contribution in [2.45, 2.75) is 64.3 Å². The molecule has 100 valence electrons. The molecule has 2 nitrogen and oxygen atoms in total. The summed E-state index contributed by atoms with van der Waals surface area (Å²) in [6.45, 7) is 5.76. The van der Waals surface area contributed by atoms with Gasteiger partial charge in [-0.25, -0.2) is 0 Å². The van der Waals surface area contributed by atoms with Gasteiger partial charge in [-0.2, -0.15) is 0 Å². The minimum absolute atomic E-state index is 0.677. The van der Waals surface area contributed by atoms with Crippen molar-refractivity contribution in [3.05, 3.63) is 0 Å². The van der Waals surface area contributed by atoms with Crippen LogP contribution < -0.4 is 5.73 Å². The standard InChI is InChI=1S/C15H30N2/c1-2-10-17(12-13-8-9-13)15(11-16)14-6-4-3-5-7-14/h13-15H,2-12,16H2,1H3. The molecule has 0 bridgehead atoms. The van der Waals surface area contributed by atoms with Crippen LogP contribution in [0.25, 0.3) is 0 Å². The first-order chi connectivity index (χ1) is 8.35. The predicted molar refractivity (Wildman–Crippen MR) is 74.0 cm³/mol. The highest BCUT2D eigenvalue weighted by molar-refractivity contribution is 4.86. The van der Waals surface area contributed by atoms with Gasteiger partial charge in [0.15, 0.2) is 0 Å². The zero-order valence-electron chi connectivity index (χ0n) is 11.5. The Bertz CT molecular complexity index is 207. The molecule has 2 saturated carbocycles. The van der Waals surface area contributed by atoms with Crippen molar-refractivity contribution < 1.29 is 0 Å². The third-order valence-electron chi connectivity index (χ3n) is 4.60. The van der Waals surface area contributed by atoms with Gasteiger partial charge in [-0.05, 0) is 50.5 Å². The van der Waals surface area contributed by atoms with Gasteiger partial charge in [0.1, 0.15) is 0 Å². The van der Waals surface area contributed by atoms with E-state index >= 15 is 0 Å². The summed E-state index contributed by atoms with van der Waals surface area (Å²) < 4.78 is 0. The van der Waals surface area contributed by atoms with E-state index in [1.54, 1.807) is 0 Å². The number of rotatable bonds is 7. The van der Waals surface area contributed by atoms with E-state index in [4.69, 9.17) is 5.73 Å². The number of hydrogen-bond acceptors (Lipinski definition) is 2. The Morgan fingerprint density at radius 2 is 1.82 bits per heavy atom. The summed E-state index contributed by atoms with van der Waals surface area (Å²) in [7, 11) is 0. The lowest BCUT2D eigenvalue weighted by Crippen LogP contribution is -2.47. The molecule has 0 aromatic heterocycles. The lowest BCUT2D eigenvalue weighted by Gasteiger charge is -2.38. The minimum Gasteiger partial charge on any atom is -0.329 e. The summed E-state index contributed by atoms with van der Waals surface area (Å²) in [5.41, 5.74) is 6.09. The predicted octanol–water partition coefficient (Wildman–Crippen LogP) is 3.02. The zero-order chi connectivity index (χ0) is 12.1. The number of nitrogens with zero attached hydrogens (tertiary/aromatic N) is 1. The SMILES string of the molecule is CCCN(CC1CC1)C(CN)C1CCCCC1. The van der Waals surface area contributed by atoms with Crippen molar-refractivity contribution in [3.63, 3.8) is 0 Å². The van der Waals surface area contributed by atoms with Crippen LogP contribution in [0.4, 0.5) is 0 Å². The molecule has 1 unspecified atom stereocenters. The maximum absolute atomic E-state index is 6.09. The fourth-order valence-electron chi connectivity index (χ4n) is 3.47. The second-order valence-corrected chi connectivity index (χ2v) is 6.14. The smallest absolute Gasteiger partial charge is 0.0246 e. The molecule has 0 heterocycles. The van der Waals surface area contributed by atoms with E-state index in [1.165, 1.54) is 64.5 Å². The average molecular weight is 238 g/mol. The van der Waals surface area contributed by atoms with Gasteiger partial charge in [0, 0.05) is 19.1 Å². The summed E-state index contributed by atoms with van der Waals surface area (Å²) >= 11 is 0. The molecule has 2 fully saturated rings. The van der Waals surface area contributed by atoms with E-state index in [-0.39, 0.29) is 0 Å². The molecule has 1 atom stereocenters. The van der Waals surface area contributed by atoms with Gasteiger partial charge in [0.05, 0.1) is 0 Å². The zero-order valence-corrected chi connectivity index (χ0v) is 11.5. The monoisotopic (exact) mass is 238 g/mol. The van der Waals surface area contributed by atoms with Gasteiger partial charge in [-0.3, -0.25) is 4.90 Å². The Labute approximate surface area is 107 Å². The molecule has 0 saturated heterocycles. The molecular weight excluding hydrogens is 208 g/mol. The lowest BCUT2D eigenvalue weighted by molar-refractivity contribution is 0.116. The molecule has 0 spiro atoms. The highest BCUT2D eigenvalue weighted by Gasteiger charge is 2.31. The molecule has 2 rings (SSSR count). The molecule has 2 aliphatic carbocycles. The molecule has 2 aliphatic rings. The van der Waals surface area contributed by atoms with E-state index in [9.17, 15) is 0 Å². The van der Waals surface area contributed by atoms with Crippen LogP contribution >= 0.6 is 0 Å². The normalized spacial score (nSPS) is 24.2.